The Hall–Kier alpha value is -1.26. The van der Waals surface area contributed by atoms with Gasteiger partial charge in [0.25, 0.3) is 0 Å². The van der Waals surface area contributed by atoms with Gasteiger partial charge in [-0.1, -0.05) is 13.8 Å². The zero-order valence-electron chi connectivity index (χ0n) is 12.4. The highest BCUT2D eigenvalue weighted by Crippen LogP contribution is 2.39. The Kier molecular flexibility index (Phi) is 4.13. The van der Waals surface area contributed by atoms with Gasteiger partial charge in [0.1, 0.15) is 0 Å². The van der Waals surface area contributed by atoms with E-state index in [9.17, 15) is 0 Å². The van der Waals surface area contributed by atoms with Gasteiger partial charge in [-0.25, -0.2) is 0 Å². The van der Waals surface area contributed by atoms with Gasteiger partial charge in [-0.2, -0.15) is 0 Å². The van der Waals surface area contributed by atoms with Crippen LogP contribution in [0.3, 0.4) is 0 Å². The molecule has 4 heteroatoms. The third kappa shape index (κ3) is 2.50. The molecule has 0 fully saturated rings. The van der Waals surface area contributed by atoms with Gasteiger partial charge in [0.2, 0.25) is 6.79 Å². The third-order valence-corrected chi connectivity index (χ3v) is 4.11. The average Bonchev–Trinajstić information content (AvgIpc) is 2.91. The number of nitrogens with one attached hydrogen (secondary N) is 1. The maximum atomic E-state index is 5.55. The second-order valence-electron chi connectivity index (χ2n) is 5.59. The monoisotopic (exact) mass is 276 g/mol. The minimum atomic E-state index is 0.351. The lowest BCUT2D eigenvalue weighted by atomic mass is 9.94. The van der Waals surface area contributed by atoms with E-state index in [1.165, 1.54) is 24.0 Å². The molecule has 0 saturated heterocycles. The summed E-state index contributed by atoms with van der Waals surface area (Å²) in [6, 6.07) is 4.79. The van der Waals surface area contributed by atoms with Gasteiger partial charge in [0.15, 0.2) is 11.5 Å². The summed E-state index contributed by atoms with van der Waals surface area (Å²) in [6.07, 6.45) is 2.38. The van der Waals surface area contributed by atoms with Crippen molar-refractivity contribution in [2.45, 2.75) is 39.3 Å². The fourth-order valence-electron chi connectivity index (χ4n) is 3.24. The van der Waals surface area contributed by atoms with Crippen molar-refractivity contribution in [3.63, 3.8) is 0 Å². The molecule has 0 aromatic heterocycles. The van der Waals surface area contributed by atoms with Gasteiger partial charge in [-0.3, -0.25) is 4.90 Å². The lowest BCUT2D eigenvalue weighted by molar-refractivity contribution is 0.173. The predicted molar refractivity (Wildman–Crippen MR) is 79.2 cm³/mol. The molecule has 20 heavy (non-hydrogen) atoms. The number of rotatable bonds is 5. The molecular weight excluding hydrogens is 252 g/mol. The summed E-state index contributed by atoms with van der Waals surface area (Å²) in [7, 11) is 0. The summed E-state index contributed by atoms with van der Waals surface area (Å²) < 4.78 is 11.0. The van der Waals surface area contributed by atoms with E-state index in [-0.39, 0.29) is 0 Å². The van der Waals surface area contributed by atoms with Crippen LogP contribution in [-0.4, -0.2) is 31.3 Å². The number of fused-ring (bicyclic) bond motifs is 2. The number of ether oxygens (including phenoxy) is 2. The Bertz CT molecular complexity index is 470. The van der Waals surface area contributed by atoms with Crippen LogP contribution in [0.5, 0.6) is 11.5 Å². The van der Waals surface area contributed by atoms with Crippen LogP contribution in [0, 0.1) is 0 Å². The zero-order chi connectivity index (χ0) is 13.9. The van der Waals surface area contributed by atoms with Crippen LogP contribution in [0.25, 0.3) is 0 Å². The summed E-state index contributed by atoms with van der Waals surface area (Å²) in [5, 5.41) is 3.54. The Balaban J connectivity index is 1.92. The molecule has 0 unspecified atom stereocenters. The van der Waals surface area contributed by atoms with E-state index in [1.54, 1.807) is 0 Å². The van der Waals surface area contributed by atoms with Crippen molar-refractivity contribution < 1.29 is 9.47 Å². The number of nitrogens with zero attached hydrogens (tertiary/aromatic N) is 1. The van der Waals surface area contributed by atoms with Crippen LogP contribution in [-0.2, 0) is 6.54 Å². The molecule has 2 aliphatic heterocycles. The van der Waals surface area contributed by atoms with Crippen LogP contribution < -0.4 is 14.8 Å². The zero-order valence-corrected chi connectivity index (χ0v) is 12.4. The van der Waals surface area contributed by atoms with Crippen LogP contribution in [0.4, 0.5) is 0 Å². The molecule has 3 rings (SSSR count). The first kappa shape index (κ1) is 13.7. The molecule has 110 valence electrons. The summed E-state index contributed by atoms with van der Waals surface area (Å²) in [4.78, 5) is 2.59. The lowest BCUT2D eigenvalue weighted by Gasteiger charge is -2.36. The quantitative estimate of drug-likeness (QED) is 0.896. The predicted octanol–water partition coefficient (Wildman–Crippen LogP) is 2.68. The van der Waals surface area contributed by atoms with Crippen molar-refractivity contribution in [2.75, 3.05) is 26.4 Å². The Morgan fingerprint density at radius 3 is 2.55 bits per heavy atom. The van der Waals surface area contributed by atoms with Gasteiger partial charge < -0.3 is 14.8 Å². The summed E-state index contributed by atoms with van der Waals surface area (Å²) in [6.45, 7) is 9.09. The van der Waals surface area contributed by atoms with Crippen molar-refractivity contribution in [3.8, 4) is 11.5 Å². The normalized spacial score (nSPS) is 20.2. The molecule has 1 N–H and O–H groups in total. The molecule has 1 aromatic carbocycles. The molecule has 0 saturated carbocycles. The van der Waals surface area contributed by atoms with E-state index < -0.39 is 0 Å². The van der Waals surface area contributed by atoms with Gasteiger partial charge in [-0.15, -0.1) is 0 Å². The fraction of sp³-hybridized carbons (Fsp3) is 0.625. The first-order chi connectivity index (χ1) is 9.83. The van der Waals surface area contributed by atoms with E-state index in [0.717, 1.165) is 37.7 Å². The van der Waals surface area contributed by atoms with Crippen molar-refractivity contribution in [1.82, 2.24) is 10.2 Å². The van der Waals surface area contributed by atoms with Gasteiger partial charge in [-0.05, 0) is 49.2 Å². The smallest absolute Gasteiger partial charge is 0.231 e. The third-order valence-electron chi connectivity index (χ3n) is 4.11. The highest BCUT2D eigenvalue weighted by Gasteiger charge is 2.28. The van der Waals surface area contributed by atoms with Gasteiger partial charge >= 0.3 is 0 Å². The molecule has 2 heterocycles. The molecule has 0 spiro atoms. The fourth-order valence-corrected chi connectivity index (χ4v) is 3.24. The summed E-state index contributed by atoms with van der Waals surface area (Å²) in [5.41, 5.74) is 2.76. The van der Waals surface area contributed by atoms with Gasteiger partial charge in [0, 0.05) is 19.1 Å². The van der Waals surface area contributed by atoms with E-state index in [1.807, 2.05) is 0 Å². The lowest BCUT2D eigenvalue weighted by Crippen LogP contribution is -2.40. The molecule has 2 aliphatic rings. The van der Waals surface area contributed by atoms with Crippen molar-refractivity contribution in [1.29, 1.82) is 0 Å². The highest BCUT2D eigenvalue weighted by atomic mass is 16.7. The summed E-state index contributed by atoms with van der Waals surface area (Å²) in [5.74, 6) is 1.80. The Morgan fingerprint density at radius 2 is 1.85 bits per heavy atom. The molecular formula is C16H24N2O2. The average molecular weight is 276 g/mol. The molecule has 4 nitrogen and oxygen atoms in total. The second-order valence-corrected chi connectivity index (χ2v) is 5.59. The van der Waals surface area contributed by atoms with E-state index >= 15 is 0 Å². The minimum absolute atomic E-state index is 0.351. The topological polar surface area (TPSA) is 33.7 Å². The summed E-state index contributed by atoms with van der Waals surface area (Å²) >= 11 is 0. The van der Waals surface area contributed by atoms with Crippen molar-refractivity contribution in [3.05, 3.63) is 23.3 Å². The first-order valence-electron chi connectivity index (χ1n) is 7.70. The Morgan fingerprint density at radius 1 is 1.15 bits per heavy atom. The highest BCUT2D eigenvalue weighted by molar-refractivity contribution is 5.50. The number of hydrogen-bond donors (Lipinski definition) is 1. The van der Waals surface area contributed by atoms with Crippen LogP contribution >= 0.6 is 0 Å². The van der Waals surface area contributed by atoms with E-state index in [2.05, 4.69) is 36.2 Å². The standard InChI is InChI=1S/C16H24N2O2/c1-3-5-18(6-4-2)14-10-17-9-12-7-15-16(8-13(12)14)20-11-19-15/h7-8,14,17H,3-6,9-11H2,1-2H3/t14-/m0/s1. The largest absolute Gasteiger partial charge is 0.454 e. The van der Waals surface area contributed by atoms with E-state index in [0.29, 0.717) is 12.8 Å². The SMILES string of the molecule is CCCN(CCC)[C@H]1CNCc2cc3c(cc21)OCO3. The number of benzene rings is 1. The minimum Gasteiger partial charge on any atom is -0.454 e. The van der Waals surface area contributed by atoms with Gasteiger partial charge in [0.05, 0.1) is 0 Å². The van der Waals surface area contributed by atoms with Crippen molar-refractivity contribution in [2.24, 2.45) is 0 Å². The second kappa shape index (κ2) is 6.02. The van der Waals surface area contributed by atoms with Crippen LogP contribution in [0.1, 0.15) is 43.9 Å². The molecule has 0 bridgehead atoms. The van der Waals surface area contributed by atoms with Crippen LogP contribution in [0.2, 0.25) is 0 Å². The van der Waals surface area contributed by atoms with E-state index in [4.69, 9.17) is 9.47 Å². The van der Waals surface area contributed by atoms with Crippen LogP contribution in [0.15, 0.2) is 12.1 Å². The Labute approximate surface area is 121 Å². The molecule has 0 radical (unpaired) electrons. The molecule has 0 aliphatic carbocycles. The van der Waals surface area contributed by atoms with Crippen molar-refractivity contribution >= 4 is 0 Å². The maximum absolute atomic E-state index is 5.55. The number of hydrogen-bond acceptors (Lipinski definition) is 4. The maximum Gasteiger partial charge on any atom is 0.231 e. The first-order valence-corrected chi connectivity index (χ1v) is 7.70. The molecule has 1 aromatic rings. The molecule has 0 amide bonds. The molecule has 1 atom stereocenters.